The molecule has 0 radical (unpaired) electrons. The second kappa shape index (κ2) is 6.99. The van der Waals surface area contributed by atoms with Crippen LogP contribution in [0.1, 0.15) is 11.3 Å². The molecule has 2 aromatic carbocycles. The van der Waals surface area contributed by atoms with E-state index in [0.29, 0.717) is 0 Å². The van der Waals surface area contributed by atoms with Crippen molar-refractivity contribution >= 4 is 10.0 Å². The van der Waals surface area contributed by atoms with E-state index in [1.807, 2.05) is 0 Å². The minimum Gasteiger partial charge on any atom is -0.326 e. The van der Waals surface area contributed by atoms with Gasteiger partial charge in [-0.25, -0.2) is 27.3 Å². The molecule has 5 nitrogen and oxygen atoms in total. The molecule has 148 valence electrons. The van der Waals surface area contributed by atoms with Gasteiger partial charge in [-0.1, -0.05) is 6.07 Å². The lowest BCUT2D eigenvalue weighted by atomic mass is 10.2. The fraction of sp³-hybridized carbons (Fsp3) is 0.118. The average Bonchev–Trinajstić information content (AvgIpc) is 3.02. The van der Waals surface area contributed by atoms with Crippen LogP contribution in [0.15, 0.2) is 53.6 Å². The molecular weight excluding hydrogens is 405 g/mol. The van der Waals surface area contributed by atoms with Crippen molar-refractivity contribution in [1.82, 2.24) is 9.55 Å². The summed E-state index contributed by atoms with van der Waals surface area (Å²) in [6, 6.07) is 7.75. The van der Waals surface area contributed by atoms with Crippen LogP contribution in [0.3, 0.4) is 0 Å². The molecule has 0 saturated carbocycles. The first-order valence-electron chi connectivity index (χ1n) is 7.66. The number of hydrogen-bond donors (Lipinski definition) is 1. The standard InChI is InChI=1S/C17H12F5N3O2S/c18-13-6-1-10(7-14(13)19)8-25-9-15(17(20,21)22)24-16(25)11-2-4-12(5-3-11)28(23,26)27/h1-7,9H,8H2,(H2,23,26,27). The molecule has 3 aromatic rings. The van der Waals surface area contributed by atoms with Crippen molar-refractivity contribution in [3.05, 3.63) is 71.6 Å². The summed E-state index contributed by atoms with van der Waals surface area (Å²) >= 11 is 0. The first-order chi connectivity index (χ1) is 12.9. The van der Waals surface area contributed by atoms with Crippen molar-refractivity contribution in [2.75, 3.05) is 0 Å². The van der Waals surface area contributed by atoms with Crippen LogP contribution in [-0.2, 0) is 22.7 Å². The van der Waals surface area contributed by atoms with Crippen molar-refractivity contribution in [2.24, 2.45) is 5.14 Å². The number of hydrogen-bond acceptors (Lipinski definition) is 3. The molecule has 0 bridgehead atoms. The summed E-state index contributed by atoms with van der Waals surface area (Å²) in [5.74, 6) is -2.34. The van der Waals surface area contributed by atoms with Crippen LogP contribution in [0.2, 0.25) is 0 Å². The monoisotopic (exact) mass is 417 g/mol. The predicted octanol–water partition coefficient (Wildman–Crippen LogP) is 3.54. The van der Waals surface area contributed by atoms with Crippen molar-refractivity contribution in [2.45, 2.75) is 17.6 Å². The largest absolute Gasteiger partial charge is 0.434 e. The van der Waals surface area contributed by atoms with Crippen LogP contribution in [0.25, 0.3) is 11.4 Å². The lowest BCUT2D eigenvalue weighted by molar-refractivity contribution is -0.140. The summed E-state index contributed by atoms with van der Waals surface area (Å²) in [7, 11) is -3.97. The number of rotatable bonds is 4. The van der Waals surface area contributed by atoms with E-state index in [4.69, 9.17) is 5.14 Å². The van der Waals surface area contributed by atoms with E-state index in [2.05, 4.69) is 4.98 Å². The Kier molecular flexibility index (Phi) is 4.98. The third-order valence-electron chi connectivity index (χ3n) is 3.84. The van der Waals surface area contributed by atoms with Gasteiger partial charge in [-0.15, -0.1) is 0 Å². The van der Waals surface area contributed by atoms with Gasteiger partial charge in [0.05, 0.1) is 4.90 Å². The number of imidazole rings is 1. The molecule has 11 heteroatoms. The summed E-state index contributed by atoms with van der Waals surface area (Å²) in [5, 5.41) is 5.00. The third kappa shape index (κ3) is 4.20. The van der Waals surface area contributed by atoms with E-state index in [-0.39, 0.29) is 28.4 Å². The maximum Gasteiger partial charge on any atom is 0.434 e. The summed E-state index contributed by atoms with van der Waals surface area (Å²) < 4.78 is 89.5. The molecule has 1 aromatic heterocycles. The quantitative estimate of drug-likeness (QED) is 0.660. The number of halogens is 5. The number of sulfonamides is 1. The topological polar surface area (TPSA) is 78.0 Å². The lowest BCUT2D eigenvalue weighted by Crippen LogP contribution is -2.11. The highest BCUT2D eigenvalue weighted by Crippen LogP contribution is 2.31. The normalized spacial score (nSPS) is 12.4. The van der Waals surface area contributed by atoms with Crippen LogP contribution >= 0.6 is 0 Å². The van der Waals surface area contributed by atoms with Gasteiger partial charge in [0.2, 0.25) is 10.0 Å². The van der Waals surface area contributed by atoms with Gasteiger partial charge >= 0.3 is 6.18 Å². The smallest absolute Gasteiger partial charge is 0.326 e. The maximum atomic E-state index is 13.4. The molecule has 2 N–H and O–H groups in total. The van der Waals surface area contributed by atoms with E-state index in [0.717, 1.165) is 35.0 Å². The van der Waals surface area contributed by atoms with Gasteiger partial charge in [0.1, 0.15) is 5.82 Å². The van der Waals surface area contributed by atoms with Gasteiger partial charge in [0.15, 0.2) is 17.3 Å². The molecule has 1 heterocycles. The zero-order chi connectivity index (χ0) is 20.7. The van der Waals surface area contributed by atoms with Crippen molar-refractivity contribution in [3.8, 4) is 11.4 Å². The lowest BCUT2D eigenvalue weighted by Gasteiger charge is -2.09. The molecule has 0 aliphatic carbocycles. The van der Waals surface area contributed by atoms with Gasteiger partial charge in [0, 0.05) is 18.3 Å². The second-order valence-corrected chi connectivity index (χ2v) is 7.45. The zero-order valence-electron chi connectivity index (χ0n) is 13.9. The average molecular weight is 417 g/mol. The van der Waals surface area contributed by atoms with E-state index < -0.39 is 33.5 Å². The number of nitrogens with two attached hydrogens (primary N) is 1. The summed E-state index contributed by atoms with van der Waals surface area (Å²) in [6.45, 7) is -0.216. The summed E-state index contributed by atoms with van der Waals surface area (Å²) in [6.07, 6.45) is -3.99. The Hall–Kier alpha value is -2.79. The molecule has 0 saturated heterocycles. The number of nitrogens with zero attached hydrogens (tertiary/aromatic N) is 2. The van der Waals surface area contributed by atoms with Gasteiger partial charge < -0.3 is 4.57 Å². The van der Waals surface area contributed by atoms with E-state index >= 15 is 0 Å². The Morgan fingerprint density at radius 2 is 1.64 bits per heavy atom. The number of alkyl halides is 3. The number of benzene rings is 2. The zero-order valence-corrected chi connectivity index (χ0v) is 14.7. The highest BCUT2D eigenvalue weighted by atomic mass is 32.2. The molecule has 0 aliphatic rings. The van der Waals surface area contributed by atoms with Gasteiger partial charge in [0.25, 0.3) is 0 Å². The van der Waals surface area contributed by atoms with E-state index in [9.17, 15) is 30.4 Å². The van der Waals surface area contributed by atoms with E-state index in [1.165, 1.54) is 18.2 Å². The van der Waals surface area contributed by atoms with Gasteiger partial charge in [-0.05, 0) is 42.0 Å². The Morgan fingerprint density at radius 1 is 1.00 bits per heavy atom. The highest BCUT2D eigenvalue weighted by Gasteiger charge is 2.35. The molecule has 0 spiro atoms. The van der Waals surface area contributed by atoms with Crippen LogP contribution in [0, 0.1) is 11.6 Å². The third-order valence-corrected chi connectivity index (χ3v) is 4.77. The van der Waals surface area contributed by atoms with Gasteiger partial charge in [-0.3, -0.25) is 0 Å². The summed E-state index contributed by atoms with van der Waals surface area (Å²) in [4.78, 5) is 3.35. The SMILES string of the molecule is NS(=O)(=O)c1ccc(-c2nc(C(F)(F)F)cn2Cc2ccc(F)c(F)c2)cc1. The first kappa shape index (κ1) is 20.0. The minimum atomic E-state index is -4.73. The van der Waals surface area contributed by atoms with Gasteiger partial charge in [-0.2, -0.15) is 13.2 Å². The molecular formula is C17H12F5N3O2S. The Balaban J connectivity index is 2.06. The van der Waals surface area contributed by atoms with Crippen LogP contribution in [0.5, 0.6) is 0 Å². The predicted molar refractivity (Wildman–Crippen MR) is 89.5 cm³/mol. The van der Waals surface area contributed by atoms with Crippen LogP contribution in [0.4, 0.5) is 22.0 Å². The molecule has 0 amide bonds. The Bertz CT molecular complexity index is 1120. The number of primary sulfonamides is 1. The van der Waals surface area contributed by atoms with Crippen molar-refractivity contribution < 1.29 is 30.4 Å². The van der Waals surface area contributed by atoms with Crippen LogP contribution in [-0.4, -0.2) is 18.0 Å². The maximum absolute atomic E-state index is 13.4. The fourth-order valence-electron chi connectivity index (χ4n) is 2.53. The highest BCUT2D eigenvalue weighted by molar-refractivity contribution is 7.89. The molecule has 0 unspecified atom stereocenters. The molecule has 0 atom stereocenters. The van der Waals surface area contributed by atoms with E-state index in [1.54, 1.807) is 0 Å². The Labute approximate surface area is 156 Å². The molecule has 0 fully saturated rings. The molecule has 3 rings (SSSR count). The van der Waals surface area contributed by atoms with Crippen molar-refractivity contribution in [1.29, 1.82) is 0 Å². The van der Waals surface area contributed by atoms with Crippen LogP contribution < -0.4 is 5.14 Å². The van der Waals surface area contributed by atoms with Crippen molar-refractivity contribution in [3.63, 3.8) is 0 Å². The minimum absolute atomic E-state index is 0.127. The summed E-state index contributed by atoms with van der Waals surface area (Å²) in [5.41, 5.74) is -0.779. The number of aromatic nitrogens is 2. The Morgan fingerprint density at radius 3 is 2.18 bits per heavy atom. The molecule has 0 aliphatic heterocycles. The first-order valence-corrected chi connectivity index (χ1v) is 9.21. The fourth-order valence-corrected chi connectivity index (χ4v) is 3.05. The molecule has 28 heavy (non-hydrogen) atoms. The second-order valence-electron chi connectivity index (χ2n) is 5.89.